The highest BCUT2D eigenvalue weighted by Gasteiger charge is 2.10. The number of fused-ring (bicyclic) bond motifs is 1. The molecule has 0 bridgehead atoms. The van der Waals surface area contributed by atoms with Crippen molar-refractivity contribution in [1.29, 1.82) is 0 Å². The van der Waals surface area contributed by atoms with Crippen LogP contribution in [0, 0.1) is 6.92 Å². The van der Waals surface area contributed by atoms with Gasteiger partial charge >= 0.3 is 0 Å². The number of thiazole rings is 1. The van der Waals surface area contributed by atoms with E-state index < -0.39 is 0 Å². The summed E-state index contributed by atoms with van der Waals surface area (Å²) in [5.41, 5.74) is 1.89. The zero-order valence-corrected chi connectivity index (χ0v) is 15.5. The maximum atomic E-state index is 12.2. The van der Waals surface area contributed by atoms with E-state index in [0.717, 1.165) is 10.7 Å². The van der Waals surface area contributed by atoms with Gasteiger partial charge in [-0.2, -0.15) is 0 Å². The Hall–Kier alpha value is -2.31. The summed E-state index contributed by atoms with van der Waals surface area (Å²) >= 11 is 7.61. The van der Waals surface area contributed by atoms with E-state index in [2.05, 4.69) is 4.98 Å². The van der Waals surface area contributed by atoms with E-state index in [1.54, 1.807) is 18.0 Å². The molecule has 3 aromatic rings. The van der Waals surface area contributed by atoms with Crippen molar-refractivity contribution in [3.8, 4) is 5.75 Å². The van der Waals surface area contributed by atoms with Gasteiger partial charge in [-0.3, -0.25) is 9.20 Å². The quantitative estimate of drug-likeness (QED) is 0.614. The van der Waals surface area contributed by atoms with Crippen molar-refractivity contribution in [3.63, 3.8) is 0 Å². The Labute approximate surface area is 155 Å². The van der Waals surface area contributed by atoms with Gasteiger partial charge in [0.1, 0.15) is 12.4 Å². The molecule has 0 spiro atoms. The number of benzene rings is 1. The summed E-state index contributed by atoms with van der Waals surface area (Å²) in [6.07, 6.45) is 5.07. The minimum absolute atomic E-state index is 0.117. The van der Waals surface area contributed by atoms with Gasteiger partial charge in [-0.1, -0.05) is 29.3 Å². The molecule has 25 heavy (non-hydrogen) atoms. The average Bonchev–Trinajstić information content (AvgIpc) is 3.15. The summed E-state index contributed by atoms with van der Waals surface area (Å²) < 4.78 is 7.51. The van der Waals surface area contributed by atoms with Crippen molar-refractivity contribution in [2.75, 3.05) is 20.2 Å². The number of amides is 1. The average molecular weight is 376 g/mol. The number of carbonyl (C=O) groups is 1. The van der Waals surface area contributed by atoms with Gasteiger partial charge in [0.15, 0.2) is 10.1 Å². The third kappa shape index (κ3) is 4.21. The maximum absolute atomic E-state index is 12.2. The molecule has 0 aliphatic carbocycles. The topological polar surface area (TPSA) is 46.8 Å². The highest BCUT2D eigenvalue weighted by atomic mass is 35.5. The van der Waals surface area contributed by atoms with E-state index in [1.165, 1.54) is 23.0 Å². The van der Waals surface area contributed by atoms with Crippen molar-refractivity contribution < 1.29 is 9.53 Å². The first-order valence-corrected chi connectivity index (χ1v) is 9.04. The summed E-state index contributed by atoms with van der Waals surface area (Å²) in [7, 11) is 1.74. The Kier molecular flexibility index (Phi) is 5.40. The van der Waals surface area contributed by atoms with Crippen LogP contribution in [0.15, 0.2) is 41.9 Å². The maximum Gasteiger partial charge on any atom is 0.246 e. The van der Waals surface area contributed by atoms with Gasteiger partial charge in [0.25, 0.3) is 0 Å². The lowest BCUT2D eigenvalue weighted by Gasteiger charge is -2.15. The largest absolute Gasteiger partial charge is 0.492 e. The third-order valence-electron chi connectivity index (χ3n) is 3.73. The van der Waals surface area contributed by atoms with Crippen LogP contribution in [0.25, 0.3) is 11.0 Å². The minimum Gasteiger partial charge on any atom is -0.492 e. The van der Waals surface area contributed by atoms with Gasteiger partial charge in [-0.15, -0.1) is 11.3 Å². The number of carbonyl (C=O) groups excluding carboxylic acids is 1. The minimum atomic E-state index is -0.117. The lowest BCUT2D eigenvalue weighted by molar-refractivity contribution is -0.125. The molecule has 0 saturated heterocycles. The van der Waals surface area contributed by atoms with Gasteiger partial charge in [0, 0.05) is 24.7 Å². The third-order valence-corrected chi connectivity index (χ3v) is 4.77. The SMILES string of the molecule is Cc1ccc(OCCN(C)C(=O)/C=C/c2c(Cl)nc3sccn23)cc1. The Morgan fingerprint density at radius 2 is 2.16 bits per heavy atom. The number of hydrogen-bond acceptors (Lipinski definition) is 4. The predicted molar refractivity (Wildman–Crippen MR) is 101 cm³/mol. The Bertz CT molecular complexity index is 899. The molecule has 130 valence electrons. The van der Waals surface area contributed by atoms with E-state index in [9.17, 15) is 4.79 Å². The molecule has 7 heteroatoms. The molecular weight excluding hydrogens is 358 g/mol. The molecule has 1 amide bonds. The molecular formula is C18H18ClN3O2S. The monoisotopic (exact) mass is 375 g/mol. The highest BCUT2D eigenvalue weighted by Crippen LogP contribution is 2.22. The fourth-order valence-electron chi connectivity index (χ4n) is 2.25. The van der Waals surface area contributed by atoms with Crippen LogP contribution in [0.4, 0.5) is 0 Å². The van der Waals surface area contributed by atoms with E-state index in [-0.39, 0.29) is 5.91 Å². The number of hydrogen-bond donors (Lipinski definition) is 0. The van der Waals surface area contributed by atoms with Crippen LogP contribution in [0.2, 0.25) is 5.15 Å². The highest BCUT2D eigenvalue weighted by molar-refractivity contribution is 7.15. The smallest absolute Gasteiger partial charge is 0.246 e. The molecule has 0 aliphatic rings. The molecule has 0 saturated carbocycles. The number of ether oxygens (including phenoxy) is 1. The number of imidazole rings is 1. The summed E-state index contributed by atoms with van der Waals surface area (Å²) in [5.74, 6) is 0.682. The zero-order chi connectivity index (χ0) is 17.8. The van der Waals surface area contributed by atoms with Crippen LogP contribution in [-0.4, -0.2) is 40.4 Å². The normalized spacial score (nSPS) is 11.3. The fraction of sp³-hybridized carbons (Fsp3) is 0.222. The number of nitrogens with zero attached hydrogens (tertiary/aromatic N) is 3. The first-order valence-electron chi connectivity index (χ1n) is 7.78. The first kappa shape index (κ1) is 17.5. The molecule has 0 fully saturated rings. The Balaban J connectivity index is 1.54. The predicted octanol–water partition coefficient (Wildman–Crippen LogP) is 3.91. The van der Waals surface area contributed by atoms with Gasteiger partial charge in [-0.25, -0.2) is 4.98 Å². The zero-order valence-electron chi connectivity index (χ0n) is 14.0. The summed E-state index contributed by atoms with van der Waals surface area (Å²) in [4.78, 5) is 18.9. The van der Waals surface area contributed by atoms with Crippen molar-refractivity contribution >= 4 is 39.9 Å². The van der Waals surface area contributed by atoms with Crippen LogP contribution in [0.3, 0.4) is 0 Å². The molecule has 0 N–H and O–H groups in total. The molecule has 2 aromatic heterocycles. The van der Waals surface area contributed by atoms with Crippen LogP contribution < -0.4 is 4.74 Å². The number of halogens is 1. The molecule has 3 rings (SSSR count). The molecule has 0 atom stereocenters. The molecule has 1 aromatic carbocycles. The second-order valence-electron chi connectivity index (χ2n) is 5.60. The van der Waals surface area contributed by atoms with E-state index in [4.69, 9.17) is 16.3 Å². The number of rotatable bonds is 6. The molecule has 5 nitrogen and oxygen atoms in total. The van der Waals surface area contributed by atoms with Crippen molar-refractivity contribution in [1.82, 2.24) is 14.3 Å². The summed E-state index contributed by atoms with van der Waals surface area (Å²) in [5, 5.41) is 2.31. The molecule has 2 heterocycles. The first-order chi connectivity index (χ1) is 12.0. The van der Waals surface area contributed by atoms with E-state index in [0.29, 0.717) is 24.0 Å². The Morgan fingerprint density at radius 3 is 2.92 bits per heavy atom. The second kappa shape index (κ2) is 7.72. The molecule has 0 unspecified atom stereocenters. The van der Waals surface area contributed by atoms with E-state index in [1.807, 2.05) is 47.2 Å². The summed E-state index contributed by atoms with van der Waals surface area (Å²) in [6.45, 7) is 2.95. The van der Waals surface area contributed by atoms with Gasteiger partial charge < -0.3 is 9.64 Å². The number of likely N-dealkylation sites (N-methyl/N-ethyl adjacent to an activating group) is 1. The van der Waals surface area contributed by atoms with Crippen LogP contribution in [0.1, 0.15) is 11.3 Å². The van der Waals surface area contributed by atoms with Crippen LogP contribution in [-0.2, 0) is 4.79 Å². The molecule has 0 aliphatic heterocycles. The van der Waals surface area contributed by atoms with Crippen molar-refractivity contribution in [2.24, 2.45) is 0 Å². The van der Waals surface area contributed by atoms with Crippen LogP contribution in [0.5, 0.6) is 5.75 Å². The van der Waals surface area contributed by atoms with Crippen LogP contribution >= 0.6 is 22.9 Å². The summed E-state index contributed by atoms with van der Waals surface area (Å²) in [6, 6.07) is 7.83. The van der Waals surface area contributed by atoms with Gasteiger partial charge in [0.05, 0.1) is 12.2 Å². The van der Waals surface area contributed by atoms with Crippen molar-refractivity contribution in [3.05, 3.63) is 58.3 Å². The molecule has 0 radical (unpaired) electrons. The lowest BCUT2D eigenvalue weighted by Crippen LogP contribution is -2.29. The second-order valence-corrected chi connectivity index (χ2v) is 6.83. The van der Waals surface area contributed by atoms with E-state index >= 15 is 0 Å². The fourth-order valence-corrected chi connectivity index (χ4v) is 3.25. The number of aryl methyl sites for hydroxylation is 1. The standard InChI is InChI=1S/C18H18ClN3O2S/c1-13-3-5-14(6-4-13)24-11-9-21(2)16(23)8-7-15-17(19)20-18-22(15)10-12-25-18/h3-8,10,12H,9,11H2,1-2H3/b8-7+. The lowest BCUT2D eigenvalue weighted by atomic mass is 10.2. The van der Waals surface area contributed by atoms with Gasteiger partial charge in [0.2, 0.25) is 5.91 Å². The van der Waals surface area contributed by atoms with Crippen molar-refractivity contribution in [2.45, 2.75) is 6.92 Å². The Morgan fingerprint density at radius 1 is 1.40 bits per heavy atom. The number of aromatic nitrogens is 2. The van der Waals surface area contributed by atoms with Gasteiger partial charge in [-0.05, 0) is 25.1 Å².